The minimum absolute atomic E-state index is 0. The van der Waals surface area contributed by atoms with E-state index >= 15 is 0 Å². The molecule has 3 atom stereocenters. The lowest BCUT2D eigenvalue weighted by atomic mass is 9.97. The summed E-state index contributed by atoms with van der Waals surface area (Å²) < 4.78 is 5.71. The van der Waals surface area contributed by atoms with Crippen molar-refractivity contribution in [1.82, 2.24) is 10.3 Å². The predicted octanol–water partition coefficient (Wildman–Crippen LogP) is 4.82. The SMILES string of the molecule is N=C(c1ccc(N2C3CCC2COC3)cc1)c1cc(C(=O)N[C@@H](c2ccccn2)C2CC2)ccc1N.[HH].[HH]. The van der Waals surface area contributed by atoms with Crippen LogP contribution in [0.25, 0.3) is 0 Å². The number of nitrogens with one attached hydrogen (secondary N) is 2. The molecule has 7 heteroatoms. The number of hydrogen-bond acceptors (Lipinski definition) is 6. The highest BCUT2D eigenvalue weighted by atomic mass is 16.5. The molecule has 3 heterocycles. The summed E-state index contributed by atoms with van der Waals surface area (Å²) in [5, 5.41) is 12.0. The molecule has 1 amide bonds. The lowest BCUT2D eigenvalue weighted by Crippen LogP contribution is -2.45. The van der Waals surface area contributed by atoms with E-state index < -0.39 is 0 Å². The lowest BCUT2D eigenvalue weighted by Gasteiger charge is -2.36. The average molecular weight is 486 g/mol. The van der Waals surface area contributed by atoms with Gasteiger partial charge < -0.3 is 20.7 Å². The van der Waals surface area contributed by atoms with E-state index in [-0.39, 0.29) is 14.8 Å². The molecular weight excluding hydrogens is 450 g/mol. The number of hydrogen-bond donors (Lipinski definition) is 3. The number of benzene rings is 2. The third kappa shape index (κ3) is 4.35. The molecule has 2 bridgehead atoms. The number of nitrogens with zero attached hydrogens (tertiary/aromatic N) is 2. The number of fused-ring (bicyclic) bond motifs is 2. The zero-order chi connectivity index (χ0) is 24.6. The molecule has 0 spiro atoms. The topological polar surface area (TPSA) is 104 Å². The molecule has 2 aromatic carbocycles. The Morgan fingerprint density at radius 3 is 2.42 bits per heavy atom. The van der Waals surface area contributed by atoms with E-state index in [9.17, 15) is 4.79 Å². The molecule has 2 unspecified atom stereocenters. The number of carbonyl (C=O) groups is 1. The van der Waals surface area contributed by atoms with E-state index in [1.807, 2.05) is 30.3 Å². The van der Waals surface area contributed by atoms with Crippen molar-refractivity contribution in [3.05, 3.63) is 89.2 Å². The van der Waals surface area contributed by atoms with Gasteiger partial charge in [-0.05, 0) is 74.1 Å². The number of nitrogens with two attached hydrogens (primary N) is 1. The monoisotopic (exact) mass is 485 g/mol. The van der Waals surface area contributed by atoms with Crippen molar-refractivity contribution in [3.63, 3.8) is 0 Å². The number of morpholine rings is 1. The second-order valence-electron chi connectivity index (χ2n) is 10.1. The summed E-state index contributed by atoms with van der Waals surface area (Å²) in [5.74, 6) is 0.236. The van der Waals surface area contributed by atoms with Gasteiger partial charge in [0.1, 0.15) is 0 Å². The normalized spacial score (nSPS) is 21.7. The van der Waals surface area contributed by atoms with Gasteiger partial charge in [-0.2, -0.15) is 0 Å². The number of carbonyl (C=O) groups excluding carboxylic acids is 1. The predicted molar refractivity (Wildman–Crippen MR) is 145 cm³/mol. The maximum atomic E-state index is 13.2. The van der Waals surface area contributed by atoms with Gasteiger partial charge in [0.05, 0.1) is 42.7 Å². The van der Waals surface area contributed by atoms with Crippen molar-refractivity contribution < 1.29 is 12.4 Å². The van der Waals surface area contributed by atoms with Crippen LogP contribution in [0.4, 0.5) is 11.4 Å². The zero-order valence-corrected chi connectivity index (χ0v) is 20.2. The molecule has 0 radical (unpaired) electrons. The Morgan fingerprint density at radius 2 is 1.75 bits per heavy atom. The quantitative estimate of drug-likeness (QED) is 0.329. The number of pyridine rings is 1. The van der Waals surface area contributed by atoms with Gasteiger partial charge in [-0.1, -0.05) is 18.2 Å². The molecule has 1 aliphatic carbocycles. The Labute approximate surface area is 214 Å². The molecule has 2 saturated heterocycles. The highest BCUT2D eigenvalue weighted by Crippen LogP contribution is 2.40. The number of aromatic nitrogens is 1. The molecule has 188 valence electrons. The van der Waals surface area contributed by atoms with E-state index in [0.717, 1.165) is 50.2 Å². The van der Waals surface area contributed by atoms with E-state index in [1.165, 1.54) is 5.69 Å². The van der Waals surface area contributed by atoms with Crippen LogP contribution in [0.15, 0.2) is 66.9 Å². The van der Waals surface area contributed by atoms with Crippen molar-refractivity contribution in [2.24, 2.45) is 5.92 Å². The summed E-state index contributed by atoms with van der Waals surface area (Å²) in [7, 11) is 0. The Kier molecular flexibility index (Phi) is 5.93. The van der Waals surface area contributed by atoms with Gasteiger partial charge in [0.2, 0.25) is 0 Å². The maximum absolute atomic E-state index is 13.2. The zero-order valence-electron chi connectivity index (χ0n) is 20.2. The first kappa shape index (κ1) is 22.7. The van der Waals surface area contributed by atoms with Crippen molar-refractivity contribution in [3.8, 4) is 0 Å². The van der Waals surface area contributed by atoms with Crippen molar-refractivity contribution in [2.75, 3.05) is 23.8 Å². The molecule has 3 aromatic rings. The van der Waals surface area contributed by atoms with Crippen molar-refractivity contribution in [1.29, 1.82) is 5.41 Å². The third-order valence-electron chi connectivity index (χ3n) is 7.67. The number of amides is 1. The second-order valence-corrected chi connectivity index (χ2v) is 10.1. The van der Waals surface area contributed by atoms with Gasteiger partial charge in [-0.15, -0.1) is 0 Å². The number of ether oxygens (including phenoxy) is 1. The summed E-state index contributed by atoms with van der Waals surface area (Å²) in [5.41, 5.74) is 10.9. The van der Waals surface area contributed by atoms with Crippen LogP contribution in [-0.2, 0) is 4.74 Å². The summed E-state index contributed by atoms with van der Waals surface area (Å²) in [6, 6.07) is 19.8. The van der Waals surface area contributed by atoms with Crippen LogP contribution in [0, 0.1) is 11.3 Å². The largest absolute Gasteiger partial charge is 0.398 e. The summed E-state index contributed by atoms with van der Waals surface area (Å²) >= 11 is 0. The van der Waals surface area contributed by atoms with Crippen LogP contribution in [0.3, 0.4) is 0 Å². The lowest BCUT2D eigenvalue weighted by molar-refractivity contribution is 0.0906. The van der Waals surface area contributed by atoms with E-state index in [0.29, 0.717) is 40.5 Å². The van der Waals surface area contributed by atoms with Crippen molar-refractivity contribution in [2.45, 2.75) is 43.8 Å². The number of nitrogen functional groups attached to an aromatic ring is 1. The fourth-order valence-electron chi connectivity index (χ4n) is 5.57. The number of anilines is 2. The van der Waals surface area contributed by atoms with Crippen LogP contribution in [0.1, 0.15) is 61.8 Å². The summed E-state index contributed by atoms with van der Waals surface area (Å²) in [6.07, 6.45) is 6.25. The molecule has 36 heavy (non-hydrogen) atoms. The Morgan fingerprint density at radius 1 is 1.03 bits per heavy atom. The highest BCUT2D eigenvalue weighted by molar-refractivity contribution is 6.15. The fraction of sp³-hybridized carbons (Fsp3) is 0.345. The van der Waals surface area contributed by atoms with Gasteiger partial charge >= 0.3 is 0 Å². The standard InChI is InChI=1S/C29H31N5O2.2H2/c30-25-13-8-20(29(35)33-28(19-4-5-19)26-3-1-2-14-32-26)15-24(25)27(31)18-6-9-21(10-7-18)34-22-11-12-23(34)17-36-16-22;;/h1-3,6-10,13-15,19,22-23,28,31H,4-5,11-12,16-17,30H2,(H,33,35);2*1H/t22?,23?,28-;;/m1../s1. The molecule has 6 rings (SSSR count). The number of rotatable bonds is 7. The van der Waals surface area contributed by atoms with Gasteiger partial charge in [-0.3, -0.25) is 15.2 Å². The van der Waals surface area contributed by atoms with E-state index in [2.05, 4.69) is 27.3 Å². The Balaban J connectivity index is 0.00000168. The molecule has 1 aromatic heterocycles. The fourth-order valence-corrected chi connectivity index (χ4v) is 5.57. The Hall–Kier alpha value is -3.71. The molecule has 4 N–H and O–H groups in total. The van der Waals surface area contributed by atoms with E-state index in [4.69, 9.17) is 15.9 Å². The molecule has 1 saturated carbocycles. The first-order valence-corrected chi connectivity index (χ1v) is 12.8. The average Bonchev–Trinajstić information content (AvgIpc) is 3.72. The molecule has 2 aliphatic heterocycles. The van der Waals surface area contributed by atoms with Gasteiger partial charge in [0, 0.05) is 37.1 Å². The summed E-state index contributed by atoms with van der Waals surface area (Å²) in [6.45, 7) is 1.56. The Bertz CT molecular complexity index is 1270. The molecule has 7 nitrogen and oxygen atoms in total. The van der Waals surface area contributed by atoms with Gasteiger partial charge in [0.15, 0.2) is 0 Å². The molecule has 3 fully saturated rings. The van der Waals surface area contributed by atoms with Crippen LogP contribution < -0.4 is 16.0 Å². The second kappa shape index (κ2) is 9.39. The summed E-state index contributed by atoms with van der Waals surface area (Å²) in [4.78, 5) is 20.1. The van der Waals surface area contributed by atoms with Crippen molar-refractivity contribution >= 4 is 23.0 Å². The molecule has 3 aliphatic rings. The molecular formula is C29H35N5O2. The first-order valence-electron chi connectivity index (χ1n) is 12.8. The smallest absolute Gasteiger partial charge is 0.251 e. The minimum atomic E-state index is -0.176. The highest BCUT2D eigenvalue weighted by Gasteiger charge is 2.37. The first-order chi connectivity index (χ1) is 17.6. The van der Waals surface area contributed by atoms with Crippen LogP contribution >= 0.6 is 0 Å². The van der Waals surface area contributed by atoms with Gasteiger partial charge in [-0.25, -0.2) is 0 Å². The maximum Gasteiger partial charge on any atom is 0.251 e. The third-order valence-corrected chi connectivity index (χ3v) is 7.67. The van der Waals surface area contributed by atoms with Gasteiger partial charge in [0.25, 0.3) is 5.91 Å². The van der Waals surface area contributed by atoms with Crippen LogP contribution in [-0.4, -0.2) is 41.9 Å². The van der Waals surface area contributed by atoms with E-state index in [1.54, 1.807) is 24.4 Å². The minimum Gasteiger partial charge on any atom is -0.398 e. The van der Waals surface area contributed by atoms with Crippen LogP contribution in [0.2, 0.25) is 0 Å². The van der Waals surface area contributed by atoms with Crippen LogP contribution in [0.5, 0.6) is 0 Å².